The Hall–Kier alpha value is -2.25. The minimum Gasteiger partial charge on any atom is -0.434 e. The molecule has 2 N–H and O–H groups in total. The second kappa shape index (κ2) is 5.03. The summed E-state index contributed by atoms with van der Waals surface area (Å²) in [5.74, 6) is 0.615. The Morgan fingerprint density at radius 3 is 2.95 bits per heavy atom. The molecule has 3 rings (SSSR count). The lowest BCUT2D eigenvalue weighted by atomic mass is 10.1. The molecule has 0 saturated carbocycles. The van der Waals surface area contributed by atoms with Crippen LogP contribution < -0.4 is 10.5 Å². The molecule has 1 aromatic heterocycles. The standard InChI is InChI=1S/C15H12ClN3O/c16-11-4-2-5-12(18)14(11)20-15-10(8-17)7-9-3-1-6-13(9)19-15/h2,4-5,7H,1,3,6,18H2. The van der Waals surface area contributed by atoms with Crippen molar-refractivity contribution >= 4 is 17.3 Å². The molecule has 1 heterocycles. The summed E-state index contributed by atoms with van der Waals surface area (Å²) in [5, 5.41) is 9.63. The van der Waals surface area contributed by atoms with Crippen LogP contribution in [0, 0.1) is 11.3 Å². The van der Waals surface area contributed by atoms with E-state index in [2.05, 4.69) is 11.1 Å². The highest BCUT2D eigenvalue weighted by atomic mass is 35.5. The number of anilines is 1. The summed E-state index contributed by atoms with van der Waals surface area (Å²) in [6, 6.07) is 9.08. The van der Waals surface area contributed by atoms with Crippen LogP contribution in [0.2, 0.25) is 5.02 Å². The molecule has 0 radical (unpaired) electrons. The first-order valence-corrected chi connectivity index (χ1v) is 6.71. The summed E-state index contributed by atoms with van der Waals surface area (Å²) in [7, 11) is 0. The van der Waals surface area contributed by atoms with Crippen molar-refractivity contribution in [1.82, 2.24) is 4.98 Å². The number of aromatic nitrogens is 1. The maximum absolute atomic E-state index is 9.23. The maximum atomic E-state index is 9.23. The number of para-hydroxylation sites is 1. The molecule has 0 fully saturated rings. The van der Waals surface area contributed by atoms with Crippen LogP contribution in [0.1, 0.15) is 23.2 Å². The number of nitrogens with zero attached hydrogens (tertiary/aromatic N) is 2. The predicted octanol–water partition coefficient (Wildman–Crippen LogP) is 3.47. The van der Waals surface area contributed by atoms with Gasteiger partial charge in [0, 0.05) is 5.69 Å². The van der Waals surface area contributed by atoms with Crippen molar-refractivity contribution in [1.29, 1.82) is 5.26 Å². The third-order valence-electron chi connectivity index (χ3n) is 3.33. The molecule has 0 aliphatic heterocycles. The number of benzene rings is 1. The SMILES string of the molecule is N#Cc1cc2c(nc1Oc1c(N)cccc1Cl)CCC2. The van der Waals surface area contributed by atoms with Crippen LogP contribution in [-0.2, 0) is 12.8 Å². The molecular weight excluding hydrogens is 274 g/mol. The van der Waals surface area contributed by atoms with Gasteiger partial charge in [-0.1, -0.05) is 17.7 Å². The summed E-state index contributed by atoms with van der Waals surface area (Å²) in [6.45, 7) is 0. The third kappa shape index (κ3) is 2.17. The number of ether oxygens (including phenoxy) is 1. The van der Waals surface area contributed by atoms with Crippen molar-refractivity contribution in [3.63, 3.8) is 0 Å². The number of pyridine rings is 1. The summed E-state index contributed by atoms with van der Waals surface area (Å²) in [5.41, 5.74) is 8.80. The zero-order valence-electron chi connectivity index (χ0n) is 10.7. The first kappa shape index (κ1) is 12.8. The normalized spacial score (nSPS) is 12.8. The second-order valence-electron chi connectivity index (χ2n) is 4.67. The average molecular weight is 286 g/mol. The van der Waals surface area contributed by atoms with Gasteiger partial charge in [-0.2, -0.15) is 5.26 Å². The molecule has 100 valence electrons. The largest absolute Gasteiger partial charge is 0.434 e. The Bertz CT molecular complexity index is 702. The molecule has 0 spiro atoms. The van der Waals surface area contributed by atoms with E-state index in [9.17, 15) is 5.26 Å². The summed E-state index contributed by atoms with van der Waals surface area (Å²) >= 11 is 6.08. The van der Waals surface area contributed by atoms with Gasteiger partial charge in [-0.05, 0) is 43.0 Å². The molecule has 1 aliphatic rings. The number of nitriles is 1. The first-order chi connectivity index (χ1) is 9.69. The van der Waals surface area contributed by atoms with E-state index in [4.69, 9.17) is 22.1 Å². The fourth-order valence-electron chi connectivity index (χ4n) is 2.34. The molecule has 0 amide bonds. The Labute approximate surface area is 121 Å². The van der Waals surface area contributed by atoms with Gasteiger partial charge in [-0.15, -0.1) is 0 Å². The van der Waals surface area contributed by atoms with Crippen LogP contribution in [0.25, 0.3) is 0 Å². The quantitative estimate of drug-likeness (QED) is 0.858. The van der Waals surface area contributed by atoms with Crippen molar-refractivity contribution in [2.75, 3.05) is 5.73 Å². The van der Waals surface area contributed by atoms with Gasteiger partial charge in [0.15, 0.2) is 5.75 Å². The van der Waals surface area contributed by atoms with Crippen LogP contribution >= 0.6 is 11.6 Å². The summed E-state index contributed by atoms with van der Waals surface area (Å²) < 4.78 is 5.70. The molecule has 1 aliphatic carbocycles. The van der Waals surface area contributed by atoms with E-state index in [0.717, 1.165) is 30.5 Å². The zero-order chi connectivity index (χ0) is 14.1. The topological polar surface area (TPSA) is 71.9 Å². The van der Waals surface area contributed by atoms with E-state index < -0.39 is 0 Å². The van der Waals surface area contributed by atoms with Crippen LogP contribution in [0.15, 0.2) is 24.3 Å². The number of hydrogen-bond acceptors (Lipinski definition) is 4. The van der Waals surface area contributed by atoms with Crippen molar-refractivity contribution in [3.8, 4) is 17.7 Å². The number of hydrogen-bond donors (Lipinski definition) is 1. The minimum absolute atomic E-state index is 0.271. The van der Waals surface area contributed by atoms with Crippen molar-refractivity contribution in [2.45, 2.75) is 19.3 Å². The molecule has 0 bridgehead atoms. The third-order valence-corrected chi connectivity index (χ3v) is 3.63. The number of aryl methyl sites for hydroxylation is 2. The number of fused-ring (bicyclic) bond motifs is 1. The number of nitrogens with two attached hydrogens (primary N) is 1. The van der Waals surface area contributed by atoms with Gasteiger partial charge in [-0.3, -0.25) is 0 Å². The van der Waals surface area contributed by atoms with E-state index in [0.29, 0.717) is 22.0 Å². The van der Waals surface area contributed by atoms with E-state index in [1.165, 1.54) is 0 Å². The van der Waals surface area contributed by atoms with Gasteiger partial charge in [-0.25, -0.2) is 4.98 Å². The number of rotatable bonds is 2. The van der Waals surface area contributed by atoms with Crippen LogP contribution in [-0.4, -0.2) is 4.98 Å². The van der Waals surface area contributed by atoms with Gasteiger partial charge in [0.2, 0.25) is 5.88 Å². The number of halogens is 1. The van der Waals surface area contributed by atoms with Crippen LogP contribution in [0.5, 0.6) is 11.6 Å². The highest BCUT2D eigenvalue weighted by Crippen LogP contribution is 2.36. The monoisotopic (exact) mass is 285 g/mol. The van der Waals surface area contributed by atoms with Gasteiger partial charge in [0.05, 0.1) is 10.7 Å². The molecule has 2 aromatic rings. The molecule has 0 atom stereocenters. The van der Waals surface area contributed by atoms with Crippen LogP contribution in [0.3, 0.4) is 0 Å². The summed E-state index contributed by atoms with van der Waals surface area (Å²) in [6.07, 6.45) is 2.94. The average Bonchev–Trinajstić information content (AvgIpc) is 2.89. The smallest absolute Gasteiger partial charge is 0.237 e. The molecule has 5 heteroatoms. The fourth-order valence-corrected chi connectivity index (χ4v) is 2.56. The Morgan fingerprint density at radius 2 is 2.20 bits per heavy atom. The van der Waals surface area contributed by atoms with E-state index in [-0.39, 0.29) is 5.88 Å². The van der Waals surface area contributed by atoms with Crippen LogP contribution in [0.4, 0.5) is 5.69 Å². The number of nitrogen functional groups attached to an aromatic ring is 1. The second-order valence-corrected chi connectivity index (χ2v) is 5.08. The lowest BCUT2D eigenvalue weighted by Gasteiger charge is -2.11. The van der Waals surface area contributed by atoms with E-state index in [1.807, 2.05) is 6.07 Å². The molecule has 0 unspecified atom stereocenters. The maximum Gasteiger partial charge on any atom is 0.237 e. The molecule has 4 nitrogen and oxygen atoms in total. The minimum atomic E-state index is 0.271. The van der Waals surface area contributed by atoms with Gasteiger partial charge in [0.25, 0.3) is 0 Å². The Kier molecular flexibility index (Phi) is 3.21. The molecular formula is C15H12ClN3O. The van der Waals surface area contributed by atoms with Gasteiger partial charge >= 0.3 is 0 Å². The molecule has 20 heavy (non-hydrogen) atoms. The predicted molar refractivity (Wildman–Crippen MR) is 76.9 cm³/mol. The van der Waals surface area contributed by atoms with Crippen molar-refractivity contribution in [2.24, 2.45) is 0 Å². The summed E-state index contributed by atoms with van der Waals surface area (Å²) in [4.78, 5) is 4.44. The van der Waals surface area contributed by atoms with Crippen molar-refractivity contribution < 1.29 is 4.74 Å². The first-order valence-electron chi connectivity index (χ1n) is 6.34. The molecule has 0 saturated heterocycles. The fraction of sp³-hybridized carbons (Fsp3) is 0.200. The lowest BCUT2D eigenvalue weighted by Crippen LogP contribution is -1.99. The zero-order valence-corrected chi connectivity index (χ0v) is 11.4. The molecule has 1 aromatic carbocycles. The highest BCUT2D eigenvalue weighted by Gasteiger charge is 2.19. The van der Waals surface area contributed by atoms with Gasteiger partial charge in [0.1, 0.15) is 11.6 Å². The van der Waals surface area contributed by atoms with Gasteiger partial charge < -0.3 is 10.5 Å². The lowest BCUT2D eigenvalue weighted by molar-refractivity contribution is 0.462. The van der Waals surface area contributed by atoms with E-state index in [1.54, 1.807) is 18.2 Å². The highest BCUT2D eigenvalue weighted by molar-refractivity contribution is 6.32. The Morgan fingerprint density at radius 1 is 1.35 bits per heavy atom. The van der Waals surface area contributed by atoms with E-state index >= 15 is 0 Å². The Balaban J connectivity index is 2.05. The van der Waals surface area contributed by atoms with Crippen molar-refractivity contribution in [3.05, 3.63) is 46.1 Å².